The average Bonchev–Trinajstić information content (AvgIpc) is 2.55. The van der Waals surface area contributed by atoms with Gasteiger partial charge in [-0.3, -0.25) is 4.79 Å². The number of benzene rings is 2. The predicted octanol–water partition coefficient (Wildman–Crippen LogP) is 3.43. The van der Waals surface area contributed by atoms with E-state index in [9.17, 15) is 4.79 Å². The highest BCUT2D eigenvalue weighted by molar-refractivity contribution is 5.99. The molecule has 112 valence electrons. The maximum absolute atomic E-state index is 12.6. The molecule has 0 bridgehead atoms. The first kappa shape index (κ1) is 14.4. The summed E-state index contributed by atoms with van der Waals surface area (Å²) in [6.07, 6.45) is 1.93. The third kappa shape index (κ3) is 2.89. The molecule has 1 amide bonds. The van der Waals surface area contributed by atoms with Gasteiger partial charge in [0.25, 0.3) is 5.91 Å². The second-order valence-electron chi connectivity index (χ2n) is 5.58. The molecule has 0 saturated carbocycles. The van der Waals surface area contributed by atoms with Gasteiger partial charge in [0.1, 0.15) is 12.4 Å². The van der Waals surface area contributed by atoms with Crippen molar-refractivity contribution in [2.24, 2.45) is 0 Å². The number of ether oxygens (including phenoxy) is 1. The first-order chi connectivity index (χ1) is 10.6. The van der Waals surface area contributed by atoms with E-state index in [0.29, 0.717) is 18.7 Å². The minimum absolute atomic E-state index is 0.0118. The van der Waals surface area contributed by atoms with Crippen LogP contribution in [0.3, 0.4) is 0 Å². The Bertz CT molecular complexity index is 734. The molecule has 0 unspecified atom stereocenters. The molecule has 3 nitrogen and oxygen atoms in total. The summed E-state index contributed by atoms with van der Waals surface area (Å²) in [7, 11) is 1.83. The number of aryl methyl sites for hydroxylation is 1. The van der Waals surface area contributed by atoms with Gasteiger partial charge in [-0.2, -0.15) is 0 Å². The summed E-state index contributed by atoms with van der Waals surface area (Å²) in [4.78, 5) is 14.3. The third-order valence-electron chi connectivity index (χ3n) is 3.92. The number of carbonyl (C=O) groups excluding carboxylic acids is 1. The van der Waals surface area contributed by atoms with E-state index < -0.39 is 0 Å². The van der Waals surface area contributed by atoms with Crippen LogP contribution in [0, 0.1) is 6.92 Å². The lowest BCUT2D eigenvalue weighted by molar-refractivity contribution is -0.126. The van der Waals surface area contributed by atoms with Crippen molar-refractivity contribution >= 4 is 12.0 Å². The van der Waals surface area contributed by atoms with Crippen molar-refractivity contribution in [1.82, 2.24) is 4.90 Å². The van der Waals surface area contributed by atoms with Crippen molar-refractivity contribution in [3.63, 3.8) is 0 Å². The molecule has 0 fully saturated rings. The van der Waals surface area contributed by atoms with Crippen LogP contribution < -0.4 is 4.74 Å². The van der Waals surface area contributed by atoms with E-state index in [-0.39, 0.29) is 5.91 Å². The second-order valence-corrected chi connectivity index (χ2v) is 5.58. The molecule has 22 heavy (non-hydrogen) atoms. The van der Waals surface area contributed by atoms with Gasteiger partial charge in [-0.1, -0.05) is 42.5 Å². The van der Waals surface area contributed by atoms with Gasteiger partial charge in [-0.15, -0.1) is 0 Å². The van der Waals surface area contributed by atoms with E-state index in [4.69, 9.17) is 4.74 Å². The fraction of sp³-hybridized carbons (Fsp3) is 0.211. The minimum Gasteiger partial charge on any atom is -0.488 e. The van der Waals surface area contributed by atoms with Gasteiger partial charge >= 0.3 is 0 Å². The van der Waals surface area contributed by atoms with Gasteiger partial charge in [0.15, 0.2) is 0 Å². The SMILES string of the molecule is Cc1ccccc1CN(C)C(=O)C1=Cc2ccccc2OC1. The van der Waals surface area contributed by atoms with E-state index in [1.807, 2.05) is 49.5 Å². The zero-order valence-electron chi connectivity index (χ0n) is 12.9. The fourth-order valence-corrected chi connectivity index (χ4v) is 2.60. The average molecular weight is 293 g/mol. The Labute approximate surface area is 130 Å². The molecule has 2 aromatic rings. The summed E-state index contributed by atoms with van der Waals surface area (Å²) in [5, 5.41) is 0. The second kappa shape index (κ2) is 6.06. The van der Waals surface area contributed by atoms with Crippen LogP contribution in [0.25, 0.3) is 6.08 Å². The fourth-order valence-electron chi connectivity index (χ4n) is 2.60. The lowest BCUT2D eigenvalue weighted by atomic mass is 10.1. The van der Waals surface area contributed by atoms with Gasteiger partial charge in [0, 0.05) is 19.2 Å². The van der Waals surface area contributed by atoms with Gasteiger partial charge < -0.3 is 9.64 Å². The predicted molar refractivity (Wildman–Crippen MR) is 87.6 cm³/mol. The number of fused-ring (bicyclic) bond motifs is 1. The van der Waals surface area contributed by atoms with Crippen molar-refractivity contribution < 1.29 is 9.53 Å². The maximum atomic E-state index is 12.6. The van der Waals surface area contributed by atoms with Gasteiger partial charge in [-0.05, 0) is 30.2 Å². The highest BCUT2D eigenvalue weighted by atomic mass is 16.5. The summed E-state index contributed by atoms with van der Waals surface area (Å²) in [5.41, 5.74) is 4.01. The molecule has 1 aliphatic heterocycles. The van der Waals surface area contributed by atoms with Crippen LogP contribution in [0.2, 0.25) is 0 Å². The van der Waals surface area contributed by atoms with Crippen LogP contribution in [0.15, 0.2) is 54.1 Å². The van der Waals surface area contributed by atoms with E-state index in [1.54, 1.807) is 4.90 Å². The molecule has 3 rings (SSSR count). The largest absolute Gasteiger partial charge is 0.488 e. The van der Waals surface area contributed by atoms with Crippen LogP contribution in [-0.4, -0.2) is 24.5 Å². The van der Waals surface area contributed by atoms with Crippen LogP contribution in [0.1, 0.15) is 16.7 Å². The van der Waals surface area contributed by atoms with Gasteiger partial charge in [0.05, 0.1) is 5.57 Å². The molecule has 1 aliphatic rings. The highest BCUT2D eigenvalue weighted by Crippen LogP contribution is 2.26. The van der Waals surface area contributed by atoms with E-state index >= 15 is 0 Å². The number of hydrogen-bond donors (Lipinski definition) is 0. The lowest BCUT2D eigenvalue weighted by Crippen LogP contribution is -2.30. The molecule has 0 saturated heterocycles. The standard InChI is InChI=1S/C19H19NO2/c1-14-7-3-4-9-16(14)12-20(2)19(21)17-11-15-8-5-6-10-18(15)22-13-17/h3-11H,12-13H2,1-2H3. The summed E-state index contributed by atoms with van der Waals surface area (Å²) in [5.74, 6) is 0.846. The number of nitrogens with zero attached hydrogens (tertiary/aromatic N) is 1. The maximum Gasteiger partial charge on any atom is 0.253 e. The molecular formula is C19H19NO2. The van der Waals surface area contributed by atoms with Crippen LogP contribution in [0.4, 0.5) is 0 Å². The molecule has 0 radical (unpaired) electrons. The molecule has 1 heterocycles. The van der Waals surface area contributed by atoms with Crippen molar-refractivity contribution in [3.05, 3.63) is 70.8 Å². The van der Waals surface area contributed by atoms with Crippen molar-refractivity contribution in [2.75, 3.05) is 13.7 Å². The van der Waals surface area contributed by atoms with Gasteiger partial charge in [-0.25, -0.2) is 0 Å². The summed E-state index contributed by atoms with van der Waals surface area (Å²) >= 11 is 0. The number of rotatable bonds is 3. The Morgan fingerprint density at radius 2 is 1.86 bits per heavy atom. The number of carbonyl (C=O) groups is 1. The Balaban J connectivity index is 1.77. The Kier molecular flexibility index (Phi) is 3.96. The van der Waals surface area contributed by atoms with Crippen LogP contribution in [0.5, 0.6) is 5.75 Å². The van der Waals surface area contributed by atoms with Crippen molar-refractivity contribution in [1.29, 1.82) is 0 Å². The first-order valence-electron chi connectivity index (χ1n) is 7.37. The molecule has 0 N–H and O–H groups in total. The molecule has 0 spiro atoms. The minimum atomic E-state index is 0.0118. The first-order valence-corrected chi connectivity index (χ1v) is 7.37. The smallest absolute Gasteiger partial charge is 0.253 e. The van der Waals surface area contributed by atoms with Crippen LogP contribution >= 0.6 is 0 Å². The van der Waals surface area contributed by atoms with Crippen molar-refractivity contribution in [2.45, 2.75) is 13.5 Å². The zero-order valence-corrected chi connectivity index (χ0v) is 12.9. The Morgan fingerprint density at radius 1 is 1.14 bits per heavy atom. The quantitative estimate of drug-likeness (QED) is 0.867. The van der Waals surface area contributed by atoms with Crippen LogP contribution in [-0.2, 0) is 11.3 Å². The third-order valence-corrected chi connectivity index (χ3v) is 3.92. The van der Waals surface area contributed by atoms with Gasteiger partial charge in [0.2, 0.25) is 0 Å². The van der Waals surface area contributed by atoms with E-state index in [2.05, 4.69) is 19.1 Å². The normalized spacial score (nSPS) is 12.9. The number of likely N-dealkylation sites (N-methyl/N-ethyl adjacent to an activating group) is 1. The number of amides is 1. The molecule has 0 aliphatic carbocycles. The summed E-state index contributed by atoms with van der Waals surface area (Å²) in [6.45, 7) is 2.99. The number of hydrogen-bond acceptors (Lipinski definition) is 2. The summed E-state index contributed by atoms with van der Waals surface area (Å²) in [6, 6.07) is 15.9. The number of para-hydroxylation sites is 1. The molecular weight excluding hydrogens is 274 g/mol. The monoisotopic (exact) mass is 293 g/mol. The van der Waals surface area contributed by atoms with E-state index in [1.165, 1.54) is 5.56 Å². The highest BCUT2D eigenvalue weighted by Gasteiger charge is 2.20. The Morgan fingerprint density at radius 3 is 2.68 bits per heavy atom. The molecule has 3 heteroatoms. The molecule has 0 aromatic heterocycles. The topological polar surface area (TPSA) is 29.5 Å². The zero-order chi connectivity index (χ0) is 15.5. The Hall–Kier alpha value is -2.55. The van der Waals surface area contributed by atoms with E-state index in [0.717, 1.165) is 16.9 Å². The molecule has 2 aromatic carbocycles. The lowest BCUT2D eigenvalue weighted by Gasteiger charge is -2.23. The van der Waals surface area contributed by atoms with Crippen molar-refractivity contribution in [3.8, 4) is 5.75 Å². The summed E-state index contributed by atoms with van der Waals surface area (Å²) < 4.78 is 5.67. The molecule has 0 atom stereocenters.